The van der Waals surface area contributed by atoms with Crippen LogP contribution in [0.15, 0.2) is 36.5 Å². The van der Waals surface area contributed by atoms with E-state index >= 15 is 0 Å². The molecule has 6 nitrogen and oxygen atoms in total. The summed E-state index contributed by atoms with van der Waals surface area (Å²) in [7, 11) is 0. The lowest BCUT2D eigenvalue weighted by Gasteiger charge is -2.08. The number of anilines is 2. The number of nitrogens with one attached hydrogen (secondary N) is 2. The van der Waals surface area contributed by atoms with Gasteiger partial charge in [0.1, 0.15) is 11.6 Å². The van der Waals surface area contributed by atoms with Gasteiger partial charge in [0.05, 0.1) is 5.69 Å². The van der Waals surface area contributed by atoms with Crippen LogP contribution in [-0.2, 0) is 9.59 Å². The van der Waals surface area contributed by atoms with Gasteiger partial charge in [0.2, 0.25) is 0 Å². The molecule has 0 saturated heterocycles. The molecule has 0 spiro atoms. The topological polar surface area (TPSA) is 91.3 Å². The van der Waals surface area contributed by atoms with Gasteiger partial charge in [0.15, 0.2) is 0 Å². The van der Waals surface area contributed by atoms with Crippen LogP contribution in [-0.4, -0.2) is 21.9 Å². The number of phenolic OH excluding ortho intramolecular Hbond substituents is 1. The average Bonchev–Trinajstić information content (AvgIpc) is 2.43. The number of nitrogens with zero attached hydrogens (tertiary/aromatic N) is 1. The molecule has 2 amide bonds. The molecule has 0 unspecified atom stereocenters. The van der Waals surface area contributed by atoms with Crippen LogP contribution >= 0.6 is 0 Å². The van der Waals surface area contributed by atoms with Gasteiger partial charge < -0.3 is 15.7 Å². The summed E-state index contributed by atoms with van der Waals surface area (Å²) >= 11 is 0. The first kappa shape index (κ1) is 14.5. The number of aromatic hydroxyl groups is 1. The fourth-order valence-electron chi connectivity index (χ4n) is 1.71. The zero-order valence-corrected chi connectivity index (χ0v) is 11.7. The summed E-state index contributed by atoms with van der Waals surface area (Å²) in [5, 5.41) is 14.4. The number of carbonyl (C=O) groups excluding carboxylic acids is 2. The van der Waals surface area contributed by atoms with Gasteiger partial charge in [0.25, 0.3) is 0 Å². The van der Waals surface area contributed by atoms with E-state index in [4.69, 9.17) is 0 Å². The Morgan fingerprint density at radius 2 is 1.67 bits per heavy atom. The highest BCUT2D eigenvalue weighted by Crippen LogP contribution is 2.23. The van der Waals surface area contributed by atoms with Gasteiger partial charge in [-0.25, -0.2) is 4.98 Å². The average molecular weight is 285 g/mol. The standard InChI is InChI=1S/C15H15N3O3/c1-9-3-4-12(19)11(7-9)17-14(20)15(21)18-13-8-10(2)5-6-16-13/h3-8,19H,1-2H3,(H,17,20)(H,16,18,21). The van der Waals surface area contributed by atoms with E-state index in [2.05, 4.69) is 15.6 Å². The molecule has 0 aliphatic heterocycles. The van der Waals surface area contributed by atoms with Gasteiger partial charge in [-0.3, -0.25) is 9.59 Å². The Kier molecular flexibility index (Phi) is 4.18. The van der Waals surface area contributed by atoms with E-state index in [-0.39, 0.29) is 11.4 Å². The molecule has 2 rings (SSSR count). The lowest BCUT2D eigenvalue weighted by atomic mass is 10.2. The highest BCUT2D eigenvalue weighted by molar-refractivity contribution is 6.43. The highest BCUT2D eigenvalue weighted by Gasteiger charge is 2.16. The molecular formula is C15H15N3O3. The van der Waals surface area contributed by atoms with E-state index in [1.54, 1.807) is 24.3 Å². The van der Waals surface area contributed by atoms with E-state index in [9.17, 15) is 14.7 Å². The first-order chi connectivity index (χ1) is 9.95. The zero-order chi connectivity index (χ0) is 15.4. The number of aryl methyl sites for hydroxylation is 2. The number of benzene rings is 1. The molecule has 0 bridgehead atoms. The molecule has 108 valence electrons. The summed E-state index contributed by atoms with van der Waals surface area (Å²) in [6.07, 6.45) is 1.54. The van der Waals surface area contributed by atoms with E-state index < -0.39 is 11.8 Å². The Labute approximate surface area is 121 Å². The van der Waals surface area contributed by atoms with E-state index in [0.29, 0.717) is 5.82 Å². The Morgan fingerprint density at radius 3 is 2.38 bits per heavy atom. The predicted molar refractivity (Wildman–Crippen MR) is 79.1 cm³/mol. The summed E-state index contributed by atoms with van der Waals surface area (Å²) in [5.41, 5.74) is 1.95. The molecule has 21 heavy (non-hydrogen) atoms. The molecule has 1 aromatic heterocycles. The number of amides is 2. The Hall–Kier alpha value is -2.89. The first-order valence-electron chi connectivity index (χ1n) is 6.30. The number of aromatic nitrogens is 1. The van der Waals surface area contributed by atoms with Crippen molar-refractivity contribution in [2.24, 2.45) is 0 Å². The normalized spacial score (nSPS) is 10.0. The maximum Gasteiger partial charge on any atom is 0.315 e. The van der Waals surface area contributed by atoms with Crippen LogP contribution in [0.1, 0.15) is 11.1 Å². The number of hydrogen-bond donors (Lipinski definition) is 3. The molecule has 1 aromatic carbocycles. The lowest BCUT2D eigenvalue weighted by molar-refractivity contribution is -0.133. The van der Waals surface area contributed by atoms with Gasteiger partial charge in [-0.2, -0.15) is 0 Å². The third kappa shape index (κ3) is 3.79. The molecule has 1 heterocycles. The molecular weight excluding hydrogens is 270 g/mol. The molecule has 6 heteroatoms. The smallest absolute Gasteiger partial charge is 0.315 e. The van der Waals surface area contributed by atoms with E-state index in [1.807, 2.05) is 13.8 Å². The van der Waals surface area contributed by atoms with Crippen molar-refractivity contribution < 1.29 is 14.7 Å². The van der Waals surface area contributed by atoms with Crippen molar-refractivity contribution in [2.75, 3.05) is 10.6 Å². The van der Waals surface area contributed by atoms with Gasteiger partial charge in [0, 0.05) is 6.20 Å². The minimum absolute atomic E-state index is 0.101. The van der Waals surface area contributed by atoms with Crippen molar-refractivity contribution >= 4 is 23.3 Å². The fraction of sp³-hybridized carbons (Fsp3) is 0.133. The summed E-state index contributed by atoms with van der Waals surface area (Å²) in [4.78, 5) is 27.5. The third-order valence-corrected chi connectivity index (χ3v) is 2.76. The number of rotatable bonds is 2. The van der Waals surface area contributed by atoms with Crippen molar-refractivity contribution in [2.45, 2.75) is 13.8 Å². The third-order valence-electron chi connectivity index (χ3n) is 2.76. The van der Waals surface area contributed by atoms with Crippen molar-refractivity contribution in [1.29, 1.82) is 0 Å². The van der Waals surface area contributed by atoms with E-state index in [1.165, 1.54) is 12.3 Å². The summed E-state index contributed by atoms with van der Waals surface area (Å²) < 4.78 is 0. The lowest BCUT2D eigenvalue weighted by Crippen LogP contribution is -2.29. The van der Waals surface area contributed by atoms with Crippen LogP contribution in [0.25, 0.3) is 0 Å². The largest absolute Gasteiger partial charge is 0.506 e. The maximum absolute atomic E-state index is 11.8. The molecule has 0 aliphatic rings. The van der Waals surface area contributed by atoms with Crippen molar-refractivity contribution in [3.8, 4) is 5.75 Å². The fourth-order valence-corrected chi connectivity index (χ4v) is 1.71. The molecule has 0 fully saturated rings. The van der Waals surface area contributed by atoms with Crippen LogP contribution in [0.4, 0.5) is 11.5 Å². The monoisotopic (exact) mass is 285 g/mol. The highest BCUT2D eigenvalue weighted by atomic mass is 16.3. The van der Waals surface area contributed by atoms with Crippen LogP contribution in [0, 0.1) is 13.8 Å². The van der Waals surface area contributed by atoms with Crippen molar-refractivity contribution in [3.05, 3.63) is 47.7 Å². The number of carbonyl (C=O) groups is 2. The number of pyridine rings is 1. The van der Waals surface area contributed by atoms with Gasteiger partial charge in [-0.15, -0.1) is 0 Å². The molecule has 0 atom stereocenters. The second-order valence-corrected chi connectivity index (χ2v) is 4.65. The zero-order valence-electron chi connectivity index (χ0n) is 11.7. The molecule has 0 radical (unpaired) electrons. The van der Waals surface area contributed by atoms with Crippen molar-refractivity contribution in [1.82, 2.24) is 4.98 Å². The second kappa shape index (κ2) is 6.04. The quantitative estimate of drug-likeness (QED) is 0.581. The summed E-state index contributed by atoms with van der Waals surface area (Å²) in [6, 6.07) is 8.15. The predicted octanol–water partition coefficient (Wildman–Crippen LogP) is 1.98. The van der Waals surface area contributed by atoms with Crippen molar-refractivity contribution in [3.63, 3.8) is 0 Å². The van der Waals surface area contributed by atoms with Crippen LogP contribution in [0.5, 0.6) is 5.75 Å². The number of hydrogen-bond acceptors (Lipinski definition) is 4. The second-order valence-electron chi connectivity index (χ2n) is 4.65. The first-order valence-corrected chi connectivity index (χ1v) is 6.30. The molecule has 0 saturated carbocycles. The number of phenols is 1. The minimum atomic E-state index is -0.876. The Morgan fingerprint density at radius 1 is 1.00 bits per heavy atom. The Bertz CT molecular complexity index is 698. The summed E-state index contributed by atoms with van der Waals surface area (Å²) in [6.45, 7) is 3.66. The van der Waals surface area contributed by atoms with Gasteiger partial charge >= 0.3 is 11.8 Å². The SMILES string of the molecule is Cc1ccnc(NC(=O)C(=O)Nc2cc(C)ccc2O)c1. The molecule has 0 aliphatic carbocycles. The minimum Gasteiger partial charge on any atom is -0.506 e. The van der Waals surface area contributed by atoms with Gasteiger partial charge in [-0.1, -0.05) is 6.07 Å². The maximum atomic E-state index is 11.8. The summed E-state index contributed by atoms with van der Waals surface area (Å²) in [5.74, 6) is -1.53. The van der Waals surface area contributed by atoms with E-state index in [0.717, 1.165) is 11.1 Å². The van der Waals surface area contributed by atoms with Gasteiger partial charge in [-0.05, 0) is 49.2 Å². The molecule has 3 N–H and O–H groups in total. The molecule has 2 aromatic rings. The van der Waals surface area contributed by atoms with Crippen LogP contribution < -0.4 is 10.6 Å². The van der Waals surface area contributed by atoms with Crippen LogP contribution in [0.2, 0.25) is 0 Å². The Balaban J connectivity index is 2.06. The van der Waals surface area contributed by atoms with Crippen LogP contribution in [0.3, 0.4) is 0 Å².